The summed E-state index contributed by atoms with van der Waals surface area (Å²) in [5.74, 6) is 0. The molecular formula is C16H17ClN4. The Balaban J connectivity index is 1.64. The maximum atomic E-state index is 8.81. The van der Waals surface area contributed by atoms with E-state index in [0.717, 1.165) is 31.7 Å². The molecule has 2 aromatic rings. The zero-order valence-electron chi connectivity index (χ0n) is 11.6. The van der Waals surface area contributed by atoms with Crippen LogP contribution in [0.3, 0.4) is 0 Å². The molecule has 2 N–H and O–H groups in total. The van der Waals surface area contributed by atoms with Crippen molar-refractivity contribution in [2.45, 2.75) is 13.0 Å². The highest BCUT2D eigenvalue weighted by Gasteiger charge is 2.00. The molecule has 0 saturated heterocycles. The van der Waals surface area contributed by atoms with Gasteiger partial charge in [-0.2, -0.15) is 5.26 Å². The number of aromatic nitrogens is 1. The molecule has 0 radical (unpaired) electrons. The summed E-state index contributed by atoms with van der Waals surface area (Å²) in [6, 6.07) is 11.4. The molecule has 2 rings (SSSR count). The fourth-order valence-electron chi connectivity index (χ4n) is 1.90. The van der Waals surface area contributed by atoms with E-state index in [-0.39, 0.29) is 0 Å². The van der Waals surface area contributed by atoms with E-state index in [2.05, 4.69) is 21.7 Å². The lowest BCUT2D eigenvalue weighted by atomic mass is 10.2. The summed E-state index contributed by atoms with van der Waals surface area (Å²) < 4.78 is 0. The Hall–Kier alpha value is -2.09. The van der Waals surface area contributed by atoms with Gasteiger partial charge in [-0.25, -0.2) is 0 Å². The molecule has 1 aromatic heterocycles. The zero-order chi connectivity index (χ0) is 14.9. The van der Waals surface area contributed by atoms with E-state index in [4.69, 9.17) is 16.9 Å². The summed E-state index contributed by atoms with van der Waals surface area (Å²) in [7, 11) is 0. The molecule has 0 amide bonds. The first-order valence-corrected chi connectivity index (χ1v) is 7.20. The summed E-state index contributed by atoms with van der Waals surface area (Å²) in [4.78, 5) is 4.07. The van der Waals surface area contributed by atoms with Gasteiger partial charge in [-0.1, -0.05) is 17.7 Å². The molecule has 0 atom stereocenters. The Bertz CT molecular complexity index is 607. The van der Waals surface area contributed by atoms with Gasteiger partial charge in [0, 0.05) is 31.2 Å². The minimum absolute atomic E-state index is 0.484. The number of hydrogen-bond acceptors (Lipinski definition) is 4. The number of benzene rings is 1. The minimum Gasteiger partial charge on any atom is -0.385 e. The van der Waals surface area contributed by atoms with Crippen LogP contribution >= 0.6 is 11.6 Å². The first kappa shape index (κ1) is 15.3. The van der Waals surface area contributed by atoms with Crippen LogP contribution in [0.2, 0.25) is 5.02 Å². The molecule has 0 saturated carbocycles. The topological polar surface area (TPSA) is 60.7 Å². The highest BCUT2D eigenvalue weighted by Crippen LogP contribution is 2.19. The van der Waals surface area contributed by atoms with Crippen molar-refractivity contribution in [3.8, 4) is 6.07 Å². The molecule has 0 fully saturated rings. The van der Waals surface area contributed by atoms with Crippen molar-refractivity contribution >= 4 is 17.3 Å². The van der Waals surface area contributed by atoms with Crippen LogP contribution in [-0.4, -0.2) is 18.1 Å². The molecule has 108 valence electrons. The third-order valence-electron chi connectivity index (χ3n) is 3.00. The van der Waals surface area contributed by atoms with Gasteiger partial charge in [0.2, 0.25) is 0 Å². The summed E-state index contributed by atoms with van der Waals surface area (Å²) in [6.07, 6.45) is 4.64. The van der Waals surface area contributed by atoms with E-state index >= 15 is 0 Å². The smallest absolute Gasteiger partial charge is 0.101 e. The fourth-order valence-corrected chi connectivity index (χ4v) is 2.12. The predicted octanol–water partition coefficient (Wildman–Crippen LogP) is 3.20. The van der Waals surface area contributed by atoms with Gasteiger partial charge in [-0.3, -0.25) is 4.98 Å². The van der Waals surface area contributed by atoms with Crippen molar-refractivity contribution in [1.82, 2.24) is 10.3 Å². The van der Waals surface area contributed by atoms with Crippen molar-refractivity contribution in [3.63, 3.8) is 0 Å². The third-order valence-corrected chi connectivity index (χ3v) is 3.31. The number of nitrogens with zero attached hydrogens (tertiary/aromatic N) is 2. The molecular weight excluding hydrogens is 284 g/mol. The van der Waals surface area contributed by atoms with Gasteiger partial charge in [0.25, 0.3) is 0 Å². The second kappa shape index (κ2) is 8.25. The fraction of sp³-hybridized carbons (Fsp3) is 0.250. The van der Waals surface area contributed by atoms with Crippen LogP contribution in [0, 0.1) is 11.3 Å². The SMILES string of the molecule is N#Cc1ccc(NCCCNCc2cccnc2)cc1Cl. The Kier molecular flexibility index (Phi) is 6.01. The van der Waals surface area contributed by atoms with E-state index in [0.29, 0.717) is 10.6 Å². The normalized spacial score (nSPS) is 10.1. The van der Waals surface area contributed by atoms with Crippen molar-refractivity contribution in [1.29, 1.82) is 5.26 Å². The Labute approximate surface area is 129 Å². The predicted molar refractivity (Wildman–Crippen MR) is 85.2 cm³/mol. The van der Waals surface area contributed by atoms with Gasteiger partial charge in [0.05, 0.1) is 10.6 Å². The Morgan fingerprint density at radius 2 is 2.14 bits per heavy atom. The quantitative estimate of drug-likeness (QED) is 0.771. The molecule has 21 heavy (non-hydrogen) atoms. The lowest BCUT2D eigenvalue weighted by molar-refractivity contribution is 0.662. The number of halogens is 1. The lowest BCUT2D eigenvalue weighted by Crippen LogP contribution is -2.17. The van der Waals surface area contributed by atoms with Gasteiger partial charge in [0.1, 0.15) is 6.07 Å². The number of rotatable bonds is 7. The van der Waals surface area contributed by atoms with Gasteiger partial charge >= 0.3 is 0 Å². The van der Waals surface area contributed by atoms with Crippen LogP contribution < -0.4 is 10.6 Å². The maximum absolute atomic E-state index is 8.81. The summed E-state index contributed by atoms with van der Waals surface area (Å²) >= 11 is 5.98. The molecule has 0 aliphatic heterocycles. The number of hydrogen-bond donors (Lipinski definition) is 2. The van der Waals surface area contributed by atoms with Crippen LogP contribution in [0.4, 0.5) is 5.69 Å². The van der Waals surface area contributed by atoms with E-state index < -0.39 is 0 Å². The van der Waals surface area contributed by atoms with Crippen LogP contribution in [-0.2, 0) is 6.54 Å². The Morgan fingerprint density at radius 3 is 2.86 bits per heavy atom. The van der Waals surface area contributed by atoms with Gasteiger partial charge in [-0.05, 0) is 42.8 Å². The molecule has 1 heterocycles. The van der Waals surface area contributed by atoms with Crippen LogP contribution in [0.15, 0.2) is 42.7 Å². The summed E-state index contributed by atoms with van der Waals surface area (Å²) in [5.41, 5.74) is 2.62. The van der Waals surface area contributed by atoms with Crippen molar-refractivity contribution in [2.24, 2.45) is 0 Å². The average Bonchev–Trinajstić information content (AvgIpc) is 2.52. The number of nitrogens with one attached hydrogen (secondary N) is 2. The summed E-state index contributed by atoms with van der Waals surface area (Å²) in [5, 5.41) is 16.0. The first-order valence-electron chi connectivity index (χ1n) is 6.83. The molecule has 5 heteroatoms. The largest absolute Gasteiger partial charge is 0.385 e. The average molecular weight is 301 g/mol. The monoisotopic (exact) mass is 300 g/mol. The zero-order valence-corrected chi connectivity index (χ0v) is 12.4. The van der Waals surface area contributed by atoms with Crippen molar-refractivity contribution in [3.05, 3.63) is 58.9 Å². The molecule has 1 aromatic carbocycles. The van der Waals surface area contributed by atoms with E-state index in [1.54, 1.807) is 18.3 Å². The second-order valence-corrected chi connectivity index (χ2v) is 5.03. The second-order valence-electron chi connectivity index (χ2n) is 4.62. The van der Waals surface area contributed by atoms with Crippen molar-refractivity contribution in [2.75, 3.05) is 18.4 Å². The van der Waals surface area contributed by atoms with Crippen molar-refractivity contribution < 1.29 is 0 Å². The molecule has 4 nitrogen and oxygen atoms in total. The number of pyridine rings is 1. The highest BCUT2D eigenvalue weighted by atomic mass is 35.5. The first-order chi connectivity index (χ1) is 10.3. The van der Waals surface area contributed by atoms with E-state index in [1.165, 1.54) is 5.56 Å². The molecule has 0 aliphatic rings. The molecule has 0 spiro atoms. The van der Waals surface area contributed by atoms with Crippen LogP contribution in [0.25, 0.3) is 0 Å². The maximum Gasteiger partial charge on any atom is 0.101 e. The minimum atomic E-state index is 0.484. The number of nitriles is 1. The van der Waals surface area contributed by atoms with Crippen LogP contribution in [0.5, 0.6) is 0 Å². The molecule has 0 unspecified atom stereocenters. The molecule has 0 bridgehead atoms. The van der Waals surface area contributed by atoms with E-state index in [1.807, 2.05) is 24.4 Å². The van der Waals surface area contributed by atoms with Gasteiger partial charge in [-0.15, -0.1) is 0 Å². The standard InChI is InChI=1S/C16H17ClN4/c17-16-9-15(5-4-14(16)10-18)21-8-2-7-20-12-13-3-1-6-19-11-13/h1,3-6,9,11,20-21H,2,7-8,12H2. The van der Waals surface area contributed by atoms with Gasteiger partial charge < -0.3 is 10.6 Å². The molecule has 0 aliphatic carbocycles. The van der Waals surface area contributed by atoms with Crippen LogP contribution in [0.1, 0.15) is 17.5 Å². The van der Waals surface area contributed by atoms with E-state index in [9.17, 15) is 0 Å². The number of anilines is 1. The van der Waals surface area contributed by atoms with Gasteiger partial charge in [0.15, 0.2) is 0 Å². The highest BCUT2D eigenvalue weighted by molar-refractivity contribution is 6.32. The Morgan fingerprint density at radius 1 is 1.24 bits per heavy atom. The third kappa shape index (κ3) is 5.07. The summed E-state index contributed by atoms with van der Waals surface area (Å²) in [6.45, 7) is 2.60. The lowest BCUT2D eigenvalue weighted by Gasteiger charge is -2.08.